The number of anilines is 2. The van der Waals surface area contributed by atoms with Gasteiger partial charge in [0.15, 0.2) is 0 Å². The zero-order chi connectivity index (χ0) is 20.1. The number of aromatic nitrogens is 2. The van der Waals surface area contributed by atoms with E-state index in [1.165, 1.54) is 0 Å². The molecule has 152 valence electrons. The van der Waals surface area contributed by atoms with Gasteiger partial charge in [0.05, 0.1) is 13.2 Å². The summed E-state index contributed by atoms with van der Waals surface area (Å²) in [4.78, 5) is 10.2. The summed E-state index contributed by atoms with van der Waals surface area (Å²) in [5.41, 5.74) is 0. The van der Waals surface area contributed by atoms with Crippen molar-refractivity contribution in [2.75, 3.05) is 49.6 Å². The van der Waals surface area contributed by atoms with Crippen molar-refractivity contribution in [3.63, 3.8) is 0 Å². The van der Waals surface area contributed by atoms with E-state index < -0.39 is 26.6 Å². The molecule has 0 spiro atoms. The number of nitrogens with one attached hydrogen (secondary N) is 2. The monoisotopic (exact) mass is 413 g/mol. The molecule has 0 aliphatic carbocycles. The number of nitrogens with zero attached hydrogens (tertiary/aromatic N) is 3. The van der Waals surface area contributed by atoms with E-state index in [0.717, 1.165) is 31.0 Å². The first kappa shape index (κ1) is 20.4. The SMILES string of the molecule is Cc1nc(NCCNS(=O)(=O)c2ccc(F)cc2F)cc(N2CCOCC2)n1. The molecule has 1 saturated heterocycles. The molecule has 1 aliphatic heterocycles. The molecule has 8 nitrogen and oxygen atoms in total. The fraction of sp³-hybridized carbons (Fsp3) is 0.412. The van der Waals surface area contributed by atoms with Gasteiger partial charge >= 0.3 is 0 Å². The summed E-state index contributed by atoms with van der Waals surface area (Å²) >= 11 is 0. The van der Waals surface area contributed by atoms with E-state index in [1.54, 1.807) is 13.0 Å². The maximum absolute atomic E-state index is 13.7. The lowest BCUT2D eigenvalue weighted by Crippen LogP contribution is -2.37. The van der Waals surface area contributed by atoms with Crippen molar-refractivity contribution >= 4 is 21.7 Å². The molecule has 2 N–H and O–H groups in total. The van der Waals surface area contributed by atoms with Crippen molar-refractivity contribution in [3.05, 3.63) is 41.7 Å². The highest BCUT2D eigenvalue weighted by atomic mass is 32.2. The Morgan fingerprint density at radius 3 is 2.61 bits per heavy atom. The molecule has 28 heavy (non-hydrogen) atoms. The second-order valence-corrected chi connectivity index (χ2v) is 7.89. The molecule has 1 aliphatic rings. The van der Waals surface area contributed by atoms with Crippen molar-refractivity contribution in [2.24, 2.45) is 0 Å². The first-order chi connectivity index (χ1) is 13.3. The maximum atomic E-state index is 13.7. The predicted octanol–water partition coefficient (Wildman–Crippen LogP) is 1.29. The van der Waals surface area contributed by atoms with Gasteiger partial charge in [0, 0.05) is 38.3 Å². The summed E-state index contributed by atoms with van der Waals surface area (Å²) in [5, 5.41) is 3.02. The molecule has 2 aromatic rings. The van der Waals surface area contributed by atoms with Crippen molar-refractivity contribution in [3.8, 4) is 0 Å². The third kappa shape index (κ3) is 5.12. The third-order valence-electron chi connectivity index (χ3n) is 4.07. The Morgan fingerprint density at radius 1 is 1.14 bits per heavy atom. The molecule has 0 unspecified atom stereocenters. The van der Waals surface area contributed by atoms with Gasteiger partial charge in [0.1, 0.15) is 34.0 Å². The van der Waals surface area contributed by atoms with Crippen LogP contribution in [0.5, 0.6) is 0 Å². The number of morpholine rings is 1. The maximum Gasteiger partial charge on any atom is 0.243 e. The van der Waals surface area contributed by atoms with Crippen LogP contribution in [-0.4, -0.2) is 57.8 Å². The van der Waals surface area contributed by atoms with Gasteiger partial charge in [-0.25, -0.2) is 31.9 Å². The van der Waals surface area contributed by atoms with Crippen molar-refractivity contribution in [1.82, 2.24) is 14.7 Å². The highest BCUT2D eigenvalue weighted by Gasteiger charge is 2.19. The van der Waals surface area contributed by atoms with Gasteiger partial charge in [0.25, 0.3) is 0 Å². The molecule has 1 fully saturated rings. The van der Waals surface area contributed by atoms with E-state index in [2.05, 4.69) is 24.9 Å². The van der Waals surface area contributed by atoms with Gasteiger partial charge in [0.2, 0.25) is 10.0 Å². The Labute approximate surface area is 162 Å². The highest BCUT2D eigenvalue weighted by Crippen LogP contribution is 2.17. The Hall–Kier alpha value is -2.37. The standard InChI is InChI=1S/C17H21F2N5O3S/c1-12-22-16(11-17(23-12)24-6-8-27-9-7-24)20-4-5-21-28(25,26)15-3-2-13(18)10-14(15)19/h2-3,10-11,21H,4-9H2,1H3,(H,20,22,23). The summed E-state index contributed by atoms with van der Waals surface area (Å²) in [5.74, 6) is -0.0655. The molecule has 0 radical (unpaired) electrons. The lowest BCUT2D eigenvalue weighted by atomic mass is 10.3. The molecular formula is C17H21F2N5O3S. The van der Waals surface area contributed by atoms with Gasteiger partial charge in [-0.15, -0.1) is 0 Å². The molecule has 3 rings (SSSR count). The average Bonchev–Trinajstić information content (AvgIpc) is 2.65. The van der Waals surface area contributed by atoms with Crippen molar-refractivity contribution < 1.29 is 21.9 Å². The van der Waals surface area contributed by atoms with Crippen LogP contribution < -0.4 is 14.9 Å². The molecule has 0 amide bonds. The van der Waals surface area contributed by atoms with Crippen LogP contribution in [0.15, 0.2) is 29.2 Å². The highest BCUT2D eigenvalue weighted by molar-refractivity contribution is 7.89. The van der Waals surface area contributed by atoms with Crippen molar-refractivity contribution in [2.45, 2.75) is 11.8 Å². The lowest BCUT2D eigenvalue weighted by Gasteiger charge is -2.28. The number of hydrogen-bond donors (Lipinski definition) is 2. The van der Waals surface area contributed by atoms with Gasteiger partial charge in [-0.1, -0.05) is 0 Å². The average molecular weight is 413 g/mol. The van der Waals surface area contributed by atoms with Crippen LogP contribution in [0.25, 0.3) is 0 Å². The van der Waals surface area contributed by atoms with Crippen LogP contribution in [0.1, 0.15) is 5.82 Å². The molecule has 1 aromatic carbocycles. The van der Waals surface area contributed by atoms with E-state index in [9.17, 15) is 17.2 Å². The van der Waals surface area contributed by atoms with E-state index in [0.29, 0.717) is 30.9 Å². The summed E-state index contributed by atoms with van der Waals surface area (Å²) in [6, 6.07) is 4.10. The Balaban J connectivity index is 1.58. The van der Waals surface area contributed by atoms with Gasteiger partial charge in [-0.05, 0) is 19.1 Å². The second kappa shape index (κ2) is 8.76. The van der Waals surface area contributed by atoms with Gasteiger partial charge < -0.3 is 15.0 Å². The van der Waals surface area contributed by atoms with Crippen LogP contribution >= 0.6 is 0 Å². The minimum Gasteiger partial charge on any atom is -0.378 e. The van der Waals surface area contributed by atoms with Crippen LogP contribution in [0.2, 0.25) is 0 Å². The molecule has 0 atom stereocenters. The molecule has 0 saturated carbocycles. The molecule has 1 aromatic heterocycles. The Bertz CT molecular complexity index is 936. The first-order valence-corrected chi connectivity index (χ1v) is 10.2. The predicted molar refractivity (Wildman–Crippen MR) is 99.8 cm³/mol. The third-order valence-corrected chi connectivity index (χ3v) is 5.56. The number of halogens is 2. The number of benzene rings is 1. The van der Waals surface area contributed by atoms with Gasteiger partial charge in [-0.2, -0.15) is 0 Å². The quantitative estimate of drug-likeness (QED) is 0.661. The largest absolute Gasteiger partial charge is 0.378 e. The normalized spacial score (nSPS) is 14.9. The number of aryl methyl sites for hydroxylation is 1. The number of ether oxygens (including phenoxy) is 1. The summed E-state index contributed by atoms with van der Waals surface area (Å²) in [6.45, 7) is 4.73. The zero-order valence-electron chi connectivity index (χ0n) is 15.3. The van der Waals surface area contributed by atoms with E-state index in [4.69, 9.17) is 4.74 Å². The number of rotatable bonds is 7. The Morgan fingerprint density at radius 2 is 1.89 bits per heavy atom. The van der Waals surface area contributed by atoms with Crippen LogP contribution in [0, 0.1) is 18.6 Å². The fourth-order valence-electron chi connectivity index (χ4n) is 2.74. The minimum atomic E-state index is -4.08. The molecule has 2 heterocycles. The summed E-state index contributed by atoms with van der Waals surface area (Å²) < 4.78 is 58.5. The summed E-state index contributed by atoms with van der Waals surface area (Å²) in [7, 11) is -4.08. The van der Waals surface area contributed by atoms with Crippen LogP contribution in [0.4, 0.5) is 20.4 Å². The topological polar surface area (TPSA) is 96.5 Å². The number of hydrogen-bond acceptors (Lipinski definition) is 7. The molecule has 0 bridgehead atoms. The lowest BCUT2D eigenvalue weighted by molar-refractivity contribution is 0.122. The van der Waals surface area contributed by atoms with Crippen LogP contribution in [-0.2, 0) is 14.8 Å². The molecule has 11 heteroatoms. The second-order valence-electron chi connectivity index (χ2n) is 6.16. The Kier molecular flexibility index (Phi) is 6.37. The minimum absolute atomic E-state index is 0.00487. The van der Waals surface area contributed by atoms with Gasteiger partial charge in [-0.3, -0.25) is 0 Å². The summed E-state index contributed by atoms with van der Waals surface area (Å²) in [6.07, 6.45) is 0. The molecular weight excluding hydrogens is 392 g/mol. The fourth-order valence-corrected chi connectivity index (χ4v) is 3.83. The number of sulfonamides is 1. The smallest absolute Gasteiger partial charge is 0.243 e. The first-order valence-electron chi connectivity index (χ1n) is 8.72. The van der Waals surface area contributed by atoms with Crippen LogP contribution in [0.3, 0.4) is 0 Å². The van der Waals surface area contributed by atoms with Crippen molar-refractivity contribution in [1.29, 1.82) is 0 Å². The zero-order valence-corrected chi connectivity index (χ0v) is 16.1. The van der Waals surface area contributed by atoms with E-state index in [1.807, 2.05) is 0 Å². The van der Waals surface area contributed by atoms with E-state index in [-0.39, 0.29) is 13.1 Å². The van der Waals surface area contributed by atoms with E-state index >= 15 is 0 Å².